The summed E-state index contributed by atoms with van der Waals surface area (Å²) >= 11 is 0. The molecule has 0 aromatic rings. The minimum atomic E-state index is -1.11. The summed E-state index contributed by atoms with van der Waals surface area (Å²) in [5.74, 6) is -0.441. The summed E-state index contributed by atoms with van der Waals surface area (Å²) in [7, 11) is 0. The van der Waals surface area contributed by atoms with Crippen molar-refractivity contribution in [1.82, 2.24) is 5.32 Å². The van der Waals surface area contributed by atoms with Crippen LogP contribution in [0.25, 0.3) is 0 Å². The van der Waals surface area contributed by atoms with Gasteiger partial charge in [-0.25, -0.2) is 9.59 Å². The highest BCUT2D eigenvalue weighted by Gasteiger charge is 2.83. The van der Waals surface area contributed by atoms with Crippen LogP contribution in [0.2, 0.25) is 0 Å². The average molecular weight is 295 g/mol. The standard InChI is InChI=1S/C16H25NO4/c1-10-15(8-9-15)16(10,11(18)20-13(2,3)4)17-12(19)21-14(5,6)7/h1,8-9H2,2-7H3,(H,17,19). The highest BCUT2D eigenvalue weighted by Crippen LogP contribution is 2.76. The number of alkyl carbamates (subject to hydrolysis) is 1. The zero-order valence-corrected chi connectivity index (χ0v) is 13.8. The van der Waals surface area contributed by atoms with Gasteiger partial charge in [0.15, 0.2) is 5.54 Å². The highest BCUT2D eigenvalue weighted by atomic mass is 16.6. The number of amides is 1. The Kier molecular flexibility index (Phi) is 3.20. The summed E-state index contributed by atoms with van der Waals surface area (Å²) in [5.41, 5.74) is -1.92. The van der Waals surface area contributed by atoms with Gasteiger partial charge in [0.25, 0.3) is 0 Å². The van der Waals surface area contributed by atoms with Crippen molar-refractivity contribution in [3.63, 3.8) is 0 Å². The fraction of sp³-hybridized carbons (Fsp3) is 0.750. The van der Waals surface area contributed by atoms with Crippen molar-refractivity contribution in [3.8, 4) is 0 Å². The Morgan fingerprint density at radius 1 is 1.05 bits per heavy atom. The lowest BCUT2D eigenvalue weighted by Crippen LogP contribution is -2.50. The van der Waals surface area contributed by atoms with Crippen LogP contribution in [0.5, 0.6) is 0 Å². The van der Waals surface area contributed by atoms with Crippen molar-refractivity contribution in [3.05, 3.63) is 12.2 Å². The van der Waals surface area contributed by atoms with Gasteiger partial charge in [-0.3, -0.25) is 0 Å². The molecule has 1 N–H and O–H groups in total. The highest BCUT2D eigenvalue weighted by molar-refractivity contribution is 5.99. The number of esters is 1. The van der Waals surface area contributed by atoms with E-state index >= 15 is 0 Å². The molecule has 0 aromatic heterocycles. The SMILES string of the molecule is C=C1C2(CC2)C1(NC(=O)OC(C)(C)C)C(=O)OC(C)(C)C. The van der Waals surface area contributed by atoms with E-state index in [1.54, 1.807) is 41.5 Å². The van der Waals surface area contributed by atoms with Crippen molar-refractivity contribution in [2.45, 2.75) is 71.1 Å². The number of hydrogen-bond donors (Lipinski definition) is 1. The monoisotopic (exact) mass is 295 g/mol. The Bertz CT molecular complexity index is 505. The molecule has 1 amide bonds. The zero-order chi connectivity index (χ0) is 16.3. The topological polar surface area (TPSA) is 64.6 Å². The van der Waals surface area contributed by atoms with E-state index in [1.165, 1.54) is 0 Å². The largest absolute Gasteiger partial charge is 0.458 e. The van der Waals surface area contributed by atoms with Gasteiger partial charge in [0.2, 0.25) is 0 Å². The van der Waals surface area contributed by atoms with E-state index in [0.29, 0.717) is 0 Å². The maximum Gasteiger partial charge on any atom is 0.408 e. The van der Waals surface area contributed by atoms with E-state index in [1.807, 2.05) is 0 Å². The lowest BCUT2D eigenvalue weighted by atomic mass is 10.1. The van der Waals surface area contributed by atoms with Crippen LogP contribution in [-0.4, -0.2) is 28.8 Å². The van der Waals surface area contributed by atoms with Crippen LogP contribution in [0, 0.1) is 5.41 Å². The van der Waals surface area contributed by atoms with Gasteiger partial charge in [-0.15, -0.1) is 0 Å². The predicted molar refractivity (Wildman–Crippen MR) is 78.8 cm³/mol. The Morgan fingerprint density at radius 2 is 1.52 bits per heavy atom. The van der Waals surface area contributed by atoms with Crippen LogP contribution in [-0.2, 0) is 14.3 Å². The second-order valence-electron chi connectivity index (χ2n) is 7.94. The average Bonchev–Trinajstić information content (AvgIpc) is 3.07. The summed E-state index contributed by atoms with van der Waals surface area (Å²) in [6.45, 7) is 14.7. The van der Waals surface area contributed by atoms with Crippen molar-refractivity contribution in [2.24, 2.45) is 5.41 Å². The number of carbonyl (C=O) groups is 2. The quantitative estimate of drug-likeness (QED) is 0.628. The van der Waals surface area contributed by atoms with Crippen LogP contribution >= 0.6 is 0 Å². The Morgan fingerprint density at radius 3 is 1.86 bits per heavy atom. The second kappa shape index (κ2) is 4.24. The molecule has 2 aliphatic rings. The minimum absolute atomic E-state index is 0.313. The van der Waals surface area contributed by atoms with Crippen LogP contribution in [0.1, 0.15) is 54.4 Å². The number of carbonyl (C=O) groups excluding carboxylic acids is 2. The zero-order valence-electron chi connectivity index (χ0n) is 13.8. The molecule has 2 aliphatic carbocycles. The smallest absolute Gasteiger partial charge is 0.408 e. The number of nitrogens with one attached hydrogen (secondary N) is 1. The molecule has 0 aliphatic heterocycles. The van der Waals surface area contributed by atoms with Gasteiger partial charge < -0.3 is 14.8 Å². The number of ether oxygens (including phenoxy) is 2. The van der Waals surface area contributed by atoms with E-state index < -0.39 is 28.8 Å². The maximum absolute atomic E-state index is 12.6. The van der Waals surface area contributed by atoms with Crippen LogP contribution in [0.15, 0.2) is 12.2 Å². The summed E-state index contributed by atoms with van der Waals surface area (Å²) < 4.78 is 10.7. The van der Waals surface area contributed by atoms with Crippen LogP contribution in [0.3, 0.4) is 0 Å². The van der Waals surface area contributed by atoms with Crippen molar-refractivity contribution < 1.29 is 19.1 Å². The summed E-state index contributed by atoms with van der Waals surface area (Å²) in [6, 6.07) is 0. The number of rotatable bonds is 2. The molecule has 1 atom stereocenters. The van der Waals surface area contributed by atoms with Gasteiger partial charge >= 0.3 is 12.1 Å². The third-order valence-electron chi connectivity index (χ3n) is 3.83. The van der Waals surface area contributed by atoms with Crippen molar-refractivity contribution in [1.29, 1.82) is 0 Å². The molecule has 0 saturated heterocycles. The van der Waals surface area contributed by atoms with Gasteiger partial charge in [-0.2, -0.15) is 0 Å². The summed E-state index contributed by atoms with van der Waals surface area (Å²) in [4.78, 5) is 24.6. The summed E-state index contributed by atoms with van der Waals surface area (Å²) in [6.07, 6.45) is 1.08. The van der Waals surface area contributed by atoms with E-state index in [2.05, 4.69) is 11.9 Å². The predicted octanol–water partition coefficient (Wildman–Crippen LogP) is 2.94. The molecule has 2 saturated carbocycles. The Balaban J connectivity index is 2.16. The van der Waals surface area contributed by atoms with Crippen LogP contribution in [0.4, 0.5) is 4.79 Å². The van der Waals surface area contributed by atoms with Crippen molar-refractivity contribution in [2.75, 3.05) is 0 Å². The summed E-state index contributed by atoms with van der Waals surface area (Å²) in [5, 5.41) is 2.71. The molecule has 0 aromatic carbocycles. The van der Waals surface area contributed by atoms with Gasteiger partial charge in [0.1, 0.15) is 11.2 Å². The molecule has 2 fully saturated rings. The fourth-order valence-electron chi connectivity index (χ4n) is 2.76. The third-order valence-corrected chi connectivity index (χ3v) is 3.83. The molecule has 21 heavy (non-hydrogen) atoms. The van der Waals surface area contributed by atoms with Crippen LogP contribution < -0.4 is 5.32 Å². The van der Waals surface area contributed by atoms with E-state index in [4.69, 9.17) is 9.47 Å². The normalized spacial score (nSPS) is 26.3. The van der Waals surface area contributed by atoms with E-state index in [9.17, 15) is 9.59 Å². The fourth-order valence-corrected chi connectivity index (χ4v) is 2.76. The Labute approximate surface area is 126 Å². The van der Waals surface area contributed by atoms with Gasteiger partial charge in [0.05, 0.1) is 0 Å². The van der Waals surface area contributed by atoms with Gasteiger partial charge in [-0.1, -0.05) is 6.58 Å². The lowest BCUT2D eigenvalue weighted by Gasteiger charge is -2.26. The molecule has 2 rings (SSSR count). The van der Waals surface area contributed by atoms with Crippen molar-refractivity contribution >= 4 is 12.1 Å². The molecule has 0 radical (unpaired) electrons. The van der Waals surface area contributed by atoms with Gasteiger partial charge in [-0.05, 0) is 60.0 Å². The molecule has 0 heterocycles. The first kappa shape index (κ1) is 15.9. The first-order valence-electron chi connectivity index (χ1n) is 7.29. The van der Waals surface area contributed by atoms with E-state index in [0.717, 1.165) is 18.4 Å². The third kappa shape index (κ3) is 2.65. The molecule has 1 unspecified atom stereocenters. The molecule has 0 bridgehead atoms. The maximum atomic E-state index is 12.6. The molecular formula is C16H25NO4. The molecular weight excluding hydrogens is 270 g/mol. The minimum Gasteiger partial charge on any atom is -0.458 e. The first-order valence-corrected chi connectivity index (χ1v) is 7.29. The molecule has 5 heteroatoms. The molecule has 1 spiro atoms. The molecule has 118 valence electrons. The van der Waals surface area contributed by atoms with Gasteiger partial charge in [0, 0.05) is 5.41 Å². The Hall–Kier alpha value is -1.52. The number of hydrogen-bond acceptors (Lipinski definition) is 4. The molecule has 5 nitrogen and oxygen atoms in total. The lowest BCUT2D eigenvalue weighted by molar-refractivity contribution is -0.159. The second-order valence-corrected chi connectivity index (χ2v) is 7.94. The first-order chi connectivity index (χ1) is 9.34. The van der Waals surface area contributed by atoms with E-state index in [-0.39, 0.29) is 5.41 Å².